The molecule has 0 aliphatic rings. The molecule has 0 amide bonds. The third kappa shape index (κ3) is 2.74. The first-order valence-corrected chi connectivity index (χ1v) is 5.98. The van der Waals surface area contributed by atoms with Gasteiger partial charge in [0.2, 0.25) is 0 Å². The van der Waals surface area contributed by atoms with Crippen LogP contribution in [0.4, 0.5) is 0 Å². The maximum atomic E-state index is 5.11. The van der Waals surface area contributed by atoms with Crippen molar-refractivity contribution in [2.24, 2.45) is 0 Å². The van der Waals surface area contributed by atoms with Gasteiger partial charge in [0.1, 0.15) is 5.75 Å². The molecule has 0 bridgehead atoms. The normalized spacial score (nSPS) is 10.9. The van der Waals surface area contributed by atoms with Gasteiger partial charge in [0.05, 0.1) is 7.11 Å². The predicted octanol–water partition coefficient (Wildman–Crippen LogP) is 4.24. The molecular weight excluding hydrogens is 216 g/mol. The molecule has 0 saturated carbocycles. The molecule has 0 N–H and O–H groups in total. The highest BCUT2D eigenvalue weighted by Crippen LogP contribution is 2.19. The van der Waals surface area contributed by atoms with Gasteiger partial charge in [-0.3, -0.25) is 0 Å². The lowest BCUT2D eigenvalue weighted by Crippen LogP contribution is -1.81. The first-order valence-electron chi connectivity index (χ1n) is 5.16. The third-order valence-electron chi connectivity index (χ3n) is 2.32. The molecule has 0 aliphatic heterocycles. The molecule has 82 valence electrons. The van der Waals surface area contributed by atoms with E-state index in [0.717, 1.165) is 5.75 Å². The van der Waals surface area contributed by atoms with Crippen LogP contribution in [0.5, 0.6) is 5.75 Å². The SMILES string of the molecule is COc1ccc(/C=C/c2ccc(C)s2)cc1. The van der Waals surface area contributed by atoms with Gasteiger partial charge in [0, 0.05) is 9.75 Å². The van der Waals surface area contributed by atoms with Crippen molar-refractivity contribution in [1.29, 1.82) is 0 Å². The number of thiophene rings is 1. The van der Waals surface area contributed by atoms with Crippen LogP contribution >= 0.6 is 11.3 Å². The van der Waals surface area contributed by atoms with Crippen LogP contribution in [0.15, 0.2) is 36.4 Å². The van der Waals surface area contributed by atoms with E-state index in [1.165, 1.54) is 15.3 Å². The highest BCUT2D eigenvalue weighted by Gasteiger charge is 1.92. The summed E-state index contributed by atoms with van der Waals surface area (Å²) >= 11 is 1.80. The Morgan fingerprint density at radius 2 is 1.75 bits per heavy atom. The monoisotopic (exact) mass is 230 g/mol. The highest BCUT2D eigenvalue weighted by molar-refractivity contribution is 7.12. The lowest BCUT2D eigenvalue weighted by Gasteiger charge is -1.98. The first-order chi connectivity index (χ1) is 7.78. The first kappa shape index (κ1) is 11.0. The van der Waals surface area contributed by atoms with E-state index in [-0.39, 0.29) is 0 Å². The number of hydrogen-bond acceptors (Lipinski definition) is 2. The summed E-state index contributed by atoms with van der Waals surface area (Å²) in [6.07, 6.45) is 4.25. The van der Waals surface area contributed by atoms with E-state index in [4.69, 9.17) is 4.74 Å². The predicted molar refractivity (Wildman–Crippen MR) is 71.0 cm³/mol. The summed E-state index contributed by atoms with van der Waals surface area (Å²) in [5.74, 6) is 0.893. The second-order valence-electron chi connectivity index (χ2n) is 3.55. The van der Waals surface area contributed by atoms with E-state index >= 15 is 0 Å². The van der Waals surface area contributed by atoms with Gasteiger partial charge in [-0.1, -0.05) is 18.2 Å². The number of rotatable bonds is 3. The molecule has 0 aliphatic carbocycles. The fourth-order valence-electron chi connectivity index (χ4n) is 1.44. The van der Waals surface area contributed by atoms with E-state index in [0.29, 0.717) is 0 Å². The molecular formula is C14H14OS. The second kappa shape index (κ2) is 4.99. The molecule has 0 fully saturated rings. The Bertz CT molecular complexity index is 480. The summed E-state index contributed by atoms with van der Waals surface area (Å²) in [7, 11) is 1.68. The van der Waals surface area contributed by atoms with Gasteiger partial charge in [0.15, 0.2) is 0 Å². The molecule has 2 aromatic rings. The summed E-state index contributed by atoms with van der Waals surface area (Å²) in [5.41, 5.74) is 1.19. The van der Waals surface area contributed by atoms with Gasteiger partial charge in [-0.25, -0.2) is 0 Å². The van der Waals surface area contributed by atoms with Crippen molar-refractivity contribution in [3.8, 4) is 5.75 Å². The van der Waals surface area contributed by atoms with Crippen LogP contribution in [0, 0.1) is 6.92 Å². The van der Waals surface area contributed by atoms with Crippen LogP contribution in [0.1, 0.15) is 15.3 Å². The van der Waals surface area contributed by atoms with Gasteiger partial charge in [-0.15, -0.1) is 11.3 Å². The zero-order valence-corrected chi connectivity index (χ0v) is 10.3. The fraction of sp³-hybridized carbons (Fsp3) is 0.143. The summed E-state index contributed by atoms with van der Waals surface area (Å²) in [4.78, 5) is 2.63. The van der Waals surface area contributed by atoms with Crippen LogP contribution in [0.2, 0.25) is 0 Å². The Balaban J connectivity index is 2.11. The number of benzene rings is 1. The van der Waals surface area contributed by atoms with Gasteiger partial charge in [0.25, 0.3) is 0 Å². The van der Waals surface area contributed by atoms with E-state index in [1.54, 1.807) is 18.4 Å². The molecule has 0 unspecified atom stereocenters. The second-order valence-corrected chi connectivity index (χ2v) is 4.87. The van der Waals surface area contributed by atoms with Crippen LogP contribution in [-0.2, 0) is 0 Å². The summed E-state index contributed by atoms with van der Waals surface area (Å²) in [5, 5.41) is 0. The Morgan fingerprint density at radius 3 is 2.31 bits per heavy atom. The lowest BCUT2D eigenvalue weighted by atomic mass is 10.2. The topological polar surface area (TPSA) is 9.23 Å². The average Bonchev–Trinajstić information content (AvgIpc) is 2.73. The molecule has 1 aromatic heterocycles. The zero-order valence-electron chi connectivity index (χ0n) is 9.44. The largest absolute Gasteiger partial charge is 0.497 e. The summed E-state index contributed by atoms with van der Waals surface area (Å²) in [6.45, 7) is 2.12. The summed E-state index contributed by atoms with van der Waals surface area (Å²) < 4.78 is 5.11. The van der Waals surface area contributed by atoms with E-state index < -0.39 is 0 Å². The molecule has 1 nitrogen and oxygen atoms in total. The number of methoxy groups -OCH3 is 1. The van der Waals surface area contributed by atoms with Crippen molar-refractivity contribution in [2.45, 2.75) is 6.92 Å². The fourth-order valence-corrected chi connectivity index (χ4v) is 2.22. The smallest absolute Gasteiger partial charge is 0.118 e. The number of ether oxygens (including phenoxy) is 1. The van der Waals surface area contributed by atoms with Crippen LogP contribution in [0.25, 0.3) is 12.2 Å². The molecule has 0 atom stereocenters. The van der Waals surface area contributed by atoms with Gasteiger partial charge >= 0.3 is 0 Å². The maximum absolute atomic E-state index is 5.11. The Hall–Kier alpha value is -1.54. The quantitative estimate of drug-likeness (QED) is 0.766. The molecule has 1 heterocycles. The molecule has 0 radical (unpaired) electrons. The molecule has 16 heavy (non-hydrogen) atoms. The molecule has 0 spiro atoms. The van der Waals surface area contributed by atoms with Gasteiger partial charge < -0.3 is 4.74 Å². The number of aryl methyl sites for hydroxylation is 1. The Morgan fingerprint density at radius 1 is 1.00 bits per heavy atom. The Kier molecular flexibility index (Phi) is 3.42. The van der Waals surface area contributed by atoms with E-state index in [2.05, 4.69) is 43.3 Å². The van der Waals surface area contributed by atoms with Gasteiger partial charge in [-0.2, -0.15) is 0 Å². The number of hydrogen-bond donors (Lipinski definition) is 0. The standard InChI is InChI=1S/C14H14OS/c1-11-3-9-14(16-11)10-6-12-4-7-13(15-2)8-5-12/h3-10H,1-2H3/b10-6+. The molecule has 1 aromatic carbocycles. The van der Waals surface area contributed by atoms with E-state index in [9.17, 15) is 0 Å². The molecule has 0 saturated heterocycles. The third-order valence-corrected chi connectivity index (χ3v) is 3.28. The van der Waals surface area contributed by atoms with Crippen LogP contribution in [-0.4, -0.2) is 7.11 Å². The van der Waals surface area contributed by atoms with Crippen molar-refractivity contribution in [3.05, 3.63) is 51.7 Å². The molecule has 2 rings (SSSR count). The summed E-state index contributed by atoms with van der Waals surface area (Å²) in [6, 6.07) is 12.3. The van der Waals surface area contributed by atoms with Crippen molar-refractivity contribution in [3.63, 3.8) is 0 Å². The zero-order chi connectivity index (χ0) is 11.4. The van der Waals surface area contributed by atoms with Crippen LogP contribution in [0.3, 0.4) is 0 Å². The maximum Gasteiger partial charge on any atom is 0.118 e. The van der Waals surface area contributed by atoms with Gasteiger partial charge in [-0.05, 0) is 42.8 Å². The molecule has 2 heteroatoms. The average molecular weight is 230 g/mol. The van der Waals surface area contributed by atoms with Crippen molar-refractivity contribution in [2.75, 3.05) is 7.11 Å². The van der Waals surface area contributed by atoms with E-state index in [1.807, 2.05) is 12.1 Å². The van der Waals surface area contributed by atoms with Crippen molar-refractivity contribution < 1.29 is 4.74 Å². The minimum atomic E-state index is 0.893. The van der Waals surface area contributed by atoms with Crippen molar-refractivity contribution in [1.82, 2.24) is 0 Å². The van der Waals surface area contributed by atoms with Crippen LogP contribution < -0.4 is 4.74 Å². The van der Waals surface area contributed by atoms with Crippen molar-refractivity contribution >= 4 is 23.5 Å². The Labute approximate surface area is 100 Å². The minimum Gasteiger partial charge on any atom is -0.497 e. The lowest BCUT2D eigenvalue weighted by molar-refractivity contribution is 0.415. The minimum absolute atomic E-state index is 0.893. The highest BCUT2D eigenvalue weighted by atomic mass is 32.1.